The predicted molar refractivity (Wildman–Crippen MR) is 92.4 cm³/mol. The lowest BCUT2D eigenvalue weighted by Gasteiger charge is -2.37. The van der Waals surface area contributed by atoms with Gasteiger partial charge in [0.25, 0.3) is 0 Å². The van der Waals surface area contributed by atoms with E-state index in [4.69, 9.17) is 9.47 Å². The fraction of sp³-hybridized carbons (Fsp3) is 0.647. The Morgan fingerprint density at radius 1 is 1.18 bits per heavy atom. The van der Waals surface area contributed by atoms with Crippen LogP contribution in [0.5, 0.6) is 0 Å². The minimum atomic E-state index is -4.53. The van der Waals surface area contributed by atoms with E-state index in [1.54, 1.807) is 20.8 Å². The van der Waals surface area contributed by atoms with Crippen LogP contribution < -0.4 is 5.32 Å². The lowest BCUT2D eigenvalue weighted by atomic mass is 9.94. The number of amides is 1. The van der Waals surface area contributed by atoms with Crippen LogP contribution in [0.3, 0.4) is 0 Å². The van der Waals surface area contributed by atoms with E-state index < -0.39 is 41.4 Å². The molecule has 0 aliphatic carbocycles. The summed E-state index contributed by atoms with van der Waals surface area (Å²) in [6, 6.07) is -0.470. The number of rotatable bonds is 3. The number of likely N-dealkylation sites (tertiary alicyclic amines) is 1. The molecule has 1 fully saturated rings. The highest BCUT2D eigenvalue weighted by Gasteiger charge is 2.37. The number of carbonyl (C=O) groups is 2. The lowest BCUT2D eigenvalue weighted by Crippen LogP contribution is -2.52. The Morgan fingerprint density at radius 3 is 2.29 bits per heavy atom. The van der Waals surface area contributed by atoms with E-state index >= 15 is 0 Å². The Kier molecular flexibility index (Phi) is 6.35. The van der Waals surface area contributed by atoms with Gasteiger partial charge in [-0.05, 0) is 27.2 Å². The molecular formula is C17H23F3N4O4. The summed E-state index contributed by atoms with van der Waals surface area (Å²) in [6.45, 7) is 5.45. The van der Waals surface area contributed by atoms with Crippen molar-refractivity contribution in [2.24, 2.45) is 5.92 Å². The molecule has 2 atom stereocenters. The number of ether oxygens (including phenoxy) is 2. The normalized spacial score (nSPS) is 20.5. The van der Waals surface area contributed by atoms with E-state index in [0.717, 1.165) is 0 Å². The van der Waals surface area contributed by atoms with Gasteiger partial charge in [-0.15, -0.1) is 0 Å². The lowest BCUT2D eigenvalue weighted by molar-refractivity contribution is -0.147. The summed E-state index contributed by atoms with van der Waals surface area (Å²) in [7, 11) is 1.25. The van der Waals surface area contributed by atoms with Gasteiger partial charge in [0.1, 0.15) is 5.60 Å². The van der Waals surface area contributed by atoms with Gasteiger partial charge in [-0.3, -0.25) is 4.79 Å². The molecule has 11 heteroatoms. The molecule has 156 valence electrons. The summed E-state index contributed by atoms with van der Waals surface area (Å²) in [5, 5.41) is 2.87. The largest absolute Gasteiger partial charge is 0.469 e. The van der Waals surface area contributed by atoms with E-state index in [-0.39, 0.29) is 19.0 Å². The molecule has 8 nitrogen and oxygen atoms in total. The molecule has 0 bridgehead atoms. The van der Waals surface area contributed by atoms with Crippen molar-refractivity contribution in [3.05, 3.63) is 18.0 Å². The predicted octanol–water partition coefficient (Wildman–Crippen LogP) is 2.71. The Labute approximate surface area is 160 Å². The van der Waals surface area contributed by atoms with Crippen LogP contribution in [0.1, 0.15) is 32.8 Å². The molecule has 28 heavy (non-hydrogen) atoms. The molecule has 1 N–H and O–H groups in total. The summed E-state index contributed by atoms with van der Waals surface area (Å²) < 4.78 is 48.0. The molecule has 2 unspecified atom stereocenters. The fourth-order valence-corrected chi connectivity index (χ4v) is 2.75. The van der Waals surface area contributed by atoms with Crippen LogP contribution in [0.4, 0.5) is 23.9 Å². The summed E-state index contributed by atoms with van der Waals surface area (Å²) >= 11 is 0. The highest BCUT2D eigenvalue weighted by Crippen LogP contribution is 2.28. The third-order valence-electron chi connectivity index (χ3n) is 3.95. The monoisotopic (exact) mass is 404 g/mol. The fourth-order valence-electron chi connectivity index (χ4n) is 2.75. The standard InChI is InChI=1S/C17H23F3N4O4/c1-16(2,3)28-15(26)24-8-10(13(25)27-4)5-12(9-24)23-14-21-6-11(7-22-14)17(18,19)20/h6-7,10,12H,5,8-9H2,1-4H3,(H,21,22,23). The van der Waals surface area contributed by atoms with Crippen molar-refractivity contribution in [2.45, 2.75) is 45.0 Å². The summed E-state index contributed by atoms with van der Waals surface area (Å²) in [4.78, 5) is 33.1. The molecule has 1 aromatic heterocycles. The maximum Gasteiger partial charge on any atom is 0.419 e. The molecule has 2 rings (SSSR count). The molecule has 0 aromatic carbocycles. The Hall–Kier alpha value is -2.59. The van der Waals surface area contributed by atoms with Crippen LogP contribution >= 0.6 is 0 Å². The quantitative estimate of drug-likeness (QED) is 0.774. The Morgan fingerprint density at radius 2 is 1.79 bits per heavy atom. The van der Waals surface area contributed by atoms with Gasteiger partial charge in [0.2, 0.25) is 5.95 Å². The third kappa shape index (κ3) is 5.96. The van der Waals surface area contributed by atoms with Gasteiger partial charge in [0.05, 0.1) is 18.6 Å². The van der Waals surface area contributed by atoms with Crippen molar-refractivity contribution >= 4 is 18.0 Å². The van der Waals surface area contributed by atoms with Crippen LogP contribution in [0.2, 0.25) is 0 Å². The summed E-state index contributed by atoms with van der Waals surface area (Å²) in [6.07, 6.45) is -3.49. The van der Waals surface area contributed by atoms with Crippen LogP contribution in [-0.4, -0.2) is 58.8 Å². The van der Waals surface area contributed by atoms with Crippen molar-refractivity contribution in [2.75, 3.05) is 25.5 Å². The number of alkyl halides is 3. The van der Waals surface area contributed by atoms with E-state index in [1.165, 1.54) is 12.0 Å². The van der Waals surface area contributed by atoms with Crippen molar-refractivity contribution in [3.63, 3.8) is 0 Å². The number of hydrogen-bond donors (Lipinski definition) is 1. The smallest absolute Gasteiger partial charge is 0.419 e. The van der Waals surface area contributed by atoms with Crippen molar-refractivity contribution < 1.29 is 32.2 Å². The Bertz CT molecular complexity index is 704. The minimum Gasteiger partial charge on any atom is -0.469 e. The van der Waals surface area contributed by atoms with Crippen molar-refractivity contribution in [1.29, 1.82) is 0 Å². The molecule has 1 aromatic rings. The van der Waals surface area contributed by atoms with Gasteiger partial charge < -0.3 is 19.7 Å². The van der Waals surface area contributed by atoms with Gasteiger partial charge in [-0.25, -0.2) is 14.8 Å². The highest BCUT2D eigenvalue weighted by atomic mass is 19.4. The SMILES string of the molecule is COC(=O)C1CC(Nc2ncc(C(F)(F)F)cn2)CN(C(=O)OC(C)(C)C)C1. The molecule has 1 aliphatic rings. The maximum atomic E-state index is 12.6. The number of carbonyl (C=O) groups excluding carboxylic acids is 2. The molecule has 1 aliphatic heterocycles. The number of aromatic nitrogens is 2. The van der Waals surface area contributed by atoms with Gasteiger partial charge in [-0.1, -0.05) is 0 Å². The highest BCUT2D eigenvalue weighted by molar-refractivity contribution is 5.75. The first kappa shape index (κ1) is 21.7. The van der Waals surface area contributed by atoms with Crippen LogP contribution in [0, 0.1) is 5.92 Å². The van der Waals surface area contributed by atoms with Crippen LogP contribution in [-0.2, 0) is 20.4 Å². The molecule has 0 radical (unpaired) electrons. The summed E-state index contributed by atoms with van der Waals surface area (Å²) in [5.41, 5.74) is -1.68. The van der Waals surface area contributed by atoms with Gasteiger partial charge in [0.15, 0.2) is 0 Å². The van der Waals surface area contributed by atoms with Crippen LogP contribution in [0.25, 0.3) is 0 Å². The van der Waals surface area contributed by atoms with Gasteiger partial charge in [-0.2, -0.15) is 13.2 Å². The second-order valence-electron chi connectivity index (χ2n) is 7.48. The molecular weight excluding hydrogens is 381 g/mol. The zero-order valence-corrected chi connectivity index (χ0v) is 16.0. The number of nitrogens with zero attached hydrogens (tertiary/aromatic N) is 3. The first-order valence-electron chi connectivity index (χ1n) is 8.60. The van der Waals surface area contributed by atoms with E-state index in [2.05, 4.69) is 15.3 Å². The molecule has 2 heterocycles. The average molecular weight is 404 g/mol. The average Bonchev–Trinajstić information content (AvgIpc) is 2.59. The first-order chi connectivity index (χ1) is 12.9. The maximum absolute atomic E-state index is 12.6. The van der Waals surface area contributed by atoms with E-state index in [9.17, 15) is 22.8 Å². The zero-order chi connectivity index (χ0) is 21.1. The number of anilines is 1. The summed E-state index contributed by atoms with van der Waals surface area (Å²) in [5.74, 6) is -1.14. The molecule has 0 spiro atoms. The topological polar surface area (TPSA) is 93.6 Å². The van der Waals surface area contributed by atoms with Gasteiger partial charge >= 0.3 is 18.2 Å². The minimum absolute atomic E-state index is 0.0346. The second kappa shape index (κ2) is 8.19. The van der Waals surface area contributed by atoms with E-state index in [0.29, 0.717) is 18.8 Å². The zero-order valence-electron chi connectivity index (χ0n) is 16.0. The molecule has 0 saturated carbocycles. The molecule has 1 amide bonds. The van der Waals surface area contributed by atoms with Crippen LogP contribution in [0.15, 0.2) is 12.4 Å². The number of nitrogens with one attached hydrogen (secondary N) is 1. The number of methoxy groups -OCH3 is 1. The van der Waals surface area contributed by atoms with Crippen molar-refractivity contribution in [3.8, 4) is 0 Å². The Balaban J connectivity index is 2.13. The van der Waals surface area contributed by atoms with E-state index in [1.807, 2.05) is 0 Å². The van der Waals surface area contributed by atoms with Crippen molar-refractivity contribution in [1.82, 2.24) is 14.9 Å². The number of halogens is 3. The number of hydrogen-bond acceptors (Lipinski definition) is 7. The number of piperidine rings is 1. The van der Waals surface area contributed by atoms with Gasteiger partial charge in [0, 0.05) is 31.5 Å². The molecule has 1 saturated heterocycles. The number of esters is 1. The third-order valence-corrected chi connectivity index (χ3v) is 3.95. The second-order valence-corrected chi connectivity index (χ2v) is 7.48. The first-order valence-corrected chi connectivity index (χ1v) is 8.60.